The second kappa shape index (κ2) is 8.00. The third-order valence-electron chi connectivity index (χ3n) is 5.83. The molecule has 0 saturated carbocycles. The Morgan fingerprint density at radius 1 is 1.06 bits per heavy atom. The summed E-state index contributed by atoms with van der Waals surface area (Å²) in [5, 5.41) is 4.91. The lowest BCUT2D eigenvalue weighted by Crippen LogP contribution is -2.43. The highest BCUT2D eigenvalue weighted by Gasteiger charge is 2.34. The minimum absolute atomic E-state index is 0.172. The summed E-state index contributed by atoms with van der Waals surface area (Å²) in [7, 11) is 1.60. The van der Waals surface area contributed by atoms with E-state index < -0.39 is 0 Å². The van der Waals surface area contributed by atoms with Crippen molar-refractivity contribution in [1.82, 2.24) is 9.88 Å². The SMILES string of the molecule is COc1ccccc1NC(=O)N1CCc2c([nH]c3ccccc23)[C@H]1c1ccc(Cl)cc1. The number of methoxy groups -OCH3 is 1. The Hall–Kier alpha value is -3.44. The van der Waals surface area contributed by atoms with Crippen molar-refractivity contribution in [3.63, 3.8) is 0 Å². The molecule has 1 aromatic heterocycles. The number of halogens is 1. The summed E-state index contributed by atoms with van der Waals surface area (Å²) in [5.74, 6) is 0.627. The molecule has 1 aliphatic heterocycles. The zero-order valence-electron chi connectivity index (χ0n) is 17.1. The van der Waals surface area contributed by atoms with Crippen LogP contribution in [0.3, 0.4) is 0 Å². The fourth-order valence-electron chi connectivity index (χ4n) is 4.39. The Morgan fingerprint density at radius 2 is 1.81 bits per heavy atom. The minimum atomic E-state index is -0.247. The summed E-state index contributed by atoms with van der Waals surface area (Å²) in [6.07, 6.45) is 0.781. The van der Waals surface area contributed by atoms with E-state index in [2.05, 4.69) is 28.5 Å². The van der Waals surface area contributed by atoms with Gasteiger partial charge in [-0.15, -0.1) is 0 Å². The summed E-state index contributed by atoms with van der Waals surface area (Å²) in [5.41, 5.74) is 5.04. The number of hydrogen-bond acceptors (Lipinski definition) is 2. The van der Waals surface area contributed by atoms with Crippen molar-refractivity contribution in [2.75, 3.05) is 19.0 Å². The molecule has 31 heavy (non-hydrogen) atoms. The molecular formula is C25H22ClN3O2. The van der Waals surface area contributed by atoms with Crippen LogP contribution in [0.5, 0.6) is 5.75 Å². The molecule has 0 unspecified atom stereocenters. The quantitative estimate of drug-likeness (QED) is 0.417. The molecule has 2 heterocycles. The maximum absolute atomic E-state index is 13.4. The van der Waals surface area contributed by atoms with E-state index in [-0.39, 0.29) is 12.1 Å². The number of amides is 2. The first-order valence-corrected chi connectivity index (χ1v) is 10.6. The van der Waals surface area contributed by atoms with Crippen molar-refractivity contribution in [1.29, 1.82) is 0 Å². The molecule has 0 saturated heterocycles. The molecule has 3 aromatic carbocycles. The van der Waals surface area contributed by atoms with Gasteiger partial charge < -0.3 is 19.9 Å². The largest absolute Gasteiger partial charge is 0.495 e. The number of urea groups is 1. The minimum Gasteiger partial charge on any atom is -0.495 e. The number of benzene rings is 3. The molecule has 5 rings (SSSR count). The number of fused-ring (bicyclic) bond motifs is 3. The normalized spacial score (nSPS) is 15.5. The van der Waals surface area contributed by atoms with Gasteiger partial charge in [0, 0.05) is 28.2 Å². The van der Waals surface area contributed by atoms with Crippen molar-refractivity contribution in [2.24, 2.45) is 0 Å². The fraction of sp³-hybridized carbons (Fsp3) is 0.160. The third kappa shape index (κ3) is 3.51. The van der Waals surface area contributed by atoms with Gasteiger partial charge in [0.05, 0.1) is 18.8 Å². The molecule has 0 bridgehead atoms. The van der Waals surface area contributed by atoms with Crippen LogP contribution in [0.25, 0.3) is 10.9 Å². The number of nitrogens with zero attached hydrogens (tertiary/aromatic N) is 1. The summed E-state index contributed by atoms with van der Waals surface area (Å²) in [6.45, 7) is 0.600. The van der Waals surface area contributed by atoms with E-state index >= 15 is 0 Å². The van der Waals surface area contributed by atoms with Gasteiger partial charge in [0.1, 0.15) is 5.75 Å². The van der Waals surface area contributed by atoms with Crippen LogP contribution in [-0.4, -0.2) is 29.6 Å². The first kappa shape index (κ1) is 19.5. The highest BCUT2D eigenvalue weighted by molar-refractivity contribution is 6.30. The summed E-state index contributed by atoms with van der Waals surface area (Å²) >= 11 is 6.14. The number of rotatable bonds is 3. The molecule has 156 valence electrons. The van der Waals surface area contributed by atoms with Gasteiger partial charge in [-0.25, -0.2) is 4.79 Å². The molecule has 6 heteroatoms. The average Bonchev–Trinajstić information content (AvgIpc) is 3.18. The number of nitrogens with one attached hydrogen (secondary N) is 2. The van der Waals surface area contributed by atoms with Gasteiger partial charge in [0.15, 0.2) is 0 Å². The van der Waals surface area contributed by atoms with Gasteiger partial charge in [-0.2, -0.15) is 0 Å². The number of carbonyl (C=O) groups is 1. The van der Waals surface area contributed by atoms with Crippen LogP contribution >= 0.6 is 11.6 Å². The molecular weight excluding hydrogens is 410 g/mol. The Balaban J connectivity index is 1.57. The van der Waals surface area contributed by atoms with Crippen molar-refractivity contribution >= 4 is 34.2 Å². The molecule has 0 aliphatic carbocycles. The second-order valence-electron chi connectivity index (χ2n) is 7.59. The fourth-order valence-corrected chi connectivity index (χ4v) is 4.51. The van der Waals surface area contributed by atoms with E-state index in [9.17, 15) is 4.79 Å². The number of para-hydroxylation sites is 3. The van der Waals surface area contributed by atoms with Crippen molar-refractivity contribution in [2.45, 2.75) is 12.5 Å². The van der Waals surface area contributed by atoms with Crippen LogP contribution < -0.4 is 10.1 Å². The maximum atomic E-state index is 13.4. The average molecular weight is 432 g/mol. The van der Waals surface area contributed by atoms with Gasteiger partial charge in [0.25, 0.3) is 0 Å². The monoisotopic (exact) mass is 431 g/mol. The Bertz CT molecular complexity index is 1250. The van der Waals surface area contributed by atoms with Crippen LogP contribution in [0.4, 0.5) is 10.5 Å². The van der Waals surface area contributed by atoms with Gasteiger partial charge in [-0.3, -0.25) is 0 Å². The number of ether oxygens (including phenoxy) is 1. The van der Waals surface area contributed by atoms with E-state index in [0.717, 1.165) is 23.2 Å². The lowest BCUT2D eigenvalue weighted by Gasteiger charge is -2.36. The number of carbonyl (C=O) groups excluding carboxylic acids is 1. The number of anilines is 1. The maximum Gasteiger partial charge on any atom is 0.322 e. The van der Waals surface area contributed by atoms with Crippen LogP contribution in [-0.2, 0) is 6.42 Å². The predicted octanol–water partition coefficient (Wildman–Crippen LogP) is 6.01. The van der Waals surface area contributed by atoms with Crippen LogP contribution in [0, 0.1) is 0 Å². The highest BCUT2D eigenvalue weighted by atomic mass is 35.5. The molecule has 0 spiro atoms. The summed E-state index contributed by atoms with van der Waals surface area (Å²) in [6, 6.07) is 23.0. The van der Waals surface area contributed by atoms with Gasteiger partial charge in [-0.1, -0.05) is 54.1 Å². The number of aromatic nitrogens is 1. The summed E-state index contributed by atoms with van der Waals surface area (Å²) in [4.78, 5) is 18.9. The second-order valence-corrected chi connectivity index (χ2v) is 8.03. The molecule has 1 aliphatic rings. The lowest BCUT2D eigenvalue weighted by atomic mass is 9.92. The predicted molar refractivity (Wildman–Crippen MR) is 124 cm³/mol. The van der Waals surface area contributed by atoms with Crippen LogP contribution in [0.1, 0.15) is 22.9 Å². The number of H-pyrrole nitrogens is 1. The van der Waals surface area contributed by atoms with Gasteiger partial charge in [-0.05, 0) is 47.9 Å². The van der Waals surface area contributed by atoms with E-state index in [4.69, 9.17) is 16.3 Å². The van der Waals surface area contributed by atoms with Crippen LogP contribution in [0.2, 0.25) is 5.02 Å². The standard InChI is InChI=1S/C25H22ClN3O2/c1-31-22-9-5-4-8-21(22)28-25(30)29-15-14-19-18-6-2-3-7-20(18)27-23(19)24(29)16-10-12-17(26)13-11-16/h2-13,24,27H,14-15H2,1H3,(H,28,30)/t24-/m1/s1. The van der Waals surface area contributed by atoms with E-state index in [0.29, 0.717) is 23.0 Å². The van der Waals surface area contributed by atoms with E-state index in [1.807, 2.05) is 59.5 Å². The Kier molecular flexibility index (Phi) is 5.04. The number of hydrogen-bond donors (Lipinski definition) is 2. The first-order valence-electron chi connectivity index (χ1n) is 10.2. The van der Waals surface area contributed by atoms with E-state index in [1.165, 1.54) is 10.9 Å². The molecule has 2 amide bonds. The topological polar surface area (TPSA) is 57.4 Å². The molecule has 2 N–H and O–H groups in total. The Morgan fingerprint density at radius 3 is 2.61 bits per heavy atom. The zero-order valence-corrected chi connectivity index (χ0v) is 17.8. The Labute approximate surface area is 185 Å². The van der Waals surface area contributed by atoms with Gasteiger partial charge >= 0.3 is 6.03 Å². The zero-order chi connectivity index (χ0) is 21.4. The van der Waals surface area contributed by atoms with E-state index in [1.54, 1.807) is 7.11 Å². The molecule has 0 radical (unpaired) electrons. The molecule has 4 aromatic rings. The van der Waals surface area contributed by atoms with Crippen molar-refractivity contribution in [3.8, 4) is 5.75 Å². The summed E-state index contributed by atoms with van der Waals surface area (Å²) < 4.78 is 5.40. The third-order valence-corrected chi connectivity index (χ3v) is 6.08. The first-order chi connectivity index (χ1) is 15.2. The van der Waals surface area contributed by atoms with Gasteiger partial charge in [0.2, 0.25) is 0 Å². The van der Waals surface area contributed by atoms with Crippen LogP contribution in [0.15, 0.2) is 72.8 Å². The highest BCUT2D eigenvalue weighted by Crippen LogP contribution is 2.39. The molecule has 1 atom stereocenters. The van der Waals surface area contributed by atoms with Crippen molar-refractivity contribution in [3.05, 3.63) is 94.6 Å². The van der Waals surface area contributed by atoms with Crippen molar-refractivity contribution < 1.29 is 9.53 Å². The molecule has 0 fully saturated rings. The lowest BCUT2D eigenvalue weighted by molar-refractivity contribution is 0.193. The number of aromatic amines is 1. The smallest absolute Gasteiger partial charge is 0.322 e. The molecule has 5 nitrogen and oxygen atoms in total.